The van der Waals surface area contributed by atoms with Crippen molar-refractivity contribution < 1.29 is 24.0 Å². The van der Waals surface area contributed by atoms with Crippen LogP contribution < -0.4 is 5.69 Å². The Kier molecular flexibility index (Phi) is 5.53. The highest BCUT2D eigenvalue weighted by Gasteiger charge is 2.37. The third kappa shape index (κ3) is 3.73. The molecule has 0 atom stereocenters. The minimum absolute atomic E-state index is 0.0592. The van der Waals surface area contributed by atoms with Crippen molar-refractivity contribution in [2.75, 3.05) is 6.54 Å². The van der Waals surface area contributed by atoms with E-state index in [4.69, 9.17) is 4.74 Å². The van der Waals surface area contributed by atoms with Crippen molar-refractivity contribution in [3.63, 3.8) is 0 Å². The van der Waals surface area contributed by atoms with Crippen LogP contribution in [0.2, 0.25) is 0 Å². The lowest BCUT2D eigenvalue weighted by Crippen LogP contribution is -2.35. The molecule has 11 nitrogen and oxygen atoms in total. The number of nitro benzene ring substituents is 1. The molecule has 2 aromatic rings. The van der Waals surface area contributed by atoms with Crippen LogP contribution in [-0.4, -0.2) is 48.7 Å². The molecule has 3 rings (SSSR count). The van der Waals surface area contributed by atoms with Crippen molar-refractivity contribution in [3.8, 4) is 0 Å². The minimum Gasteiger partial charge on any atom is -0.462 e. The molecule has 12 heteroatoms. The Hall–Kier alpha value is -3.41. The molecule has 1 fully saturated rings. The number of nitro groups is 1. The summed E-state index contributed by atoms with van der Waals surface area (Å²) >= 11 is 0.570. The van der Waals surface area contributed by atoms with Gasteiger partial charge in [0, 0.05) is 20.2 Å². The zero-order valence-corrected chi connectivity index (χ0v) is 17.4. The number of carbonyl (C=O) groups is 3. The maximum absolute atomic E-state index is 12.6. The SMILES string of the molecule is CC(C)OC(=O)CN1C(=O)S/C(=C\c2cc3c(cc2[N+](=O)[O-])n(C)c(=O)n3C)C1=O. The number of aromatic nitrogens is 2. The summed E-state index contributed by atoms with van der Waals surface area (Å²) in [5, 5.41) is 10.9. The van der Waals surface area contributed by atoms with Crippen molar-refractivity contribution in [1.29, 1.82) is 0 Å². The summed E-state index contributed by atoms with van der Waals surface area (Å²) in [6.45, 7) is 2.73. The van der Waals surface area contributed by atoms with Crippen LogP contribution in [0, 0.1) is 10.1 Å². The molecule has 0 saturated carbocycles. The summed E-state index contributed by atoms with van der Waals surface area (Å²) in [7, 11) is 3.02. The summed E-state index contributed by atoms with van der Waals surface area (Å²) in [6.07, 6.45) is 0.813. The van der Waals surface area contributed by atoms with Crippen molar-refractivity contribution >= 4 is 51.7 Å². The molecule has 1 aromatic heterocycles. The van der Waals surface area contributed by atoms with E-state index in [1.165, 1.54) is 41.4 Å². The fourth-order valence-electron chi connectivity index (χ4n) is 3.03. The number of esters is 1. The Morgan fingerprint density at radius 1 is 1.20 bits per heavy atom. The Morgan fingerprint density at radius 3 is 2.37 bits per heavy atom. The molecule has 0 spiro atoms. The van der Waals surface area contributed by atoms with E-state index in [-0.39, 0.29) is 21.8 Å². The van der Waals surface area contributed by atoms with Crippen LogP contribution in [0.3, 0.4) is 0 Å². The molecule has 1 aliphatic rings. The van der Waals surface area contributed by atoms with Crippen LogP contribution in [0.25, 0.3) is 17.1 Å². The molecular weight excluding hydrogens is 416 g/mol. The summed E-state index contributed by atoms with van der Waals surface area (Å²) in [6, 6.07) is 2.66. The van der Waals surface area contributed by atoms with Crippen molar-refractivity contribution in [3.05, 3.63) is 43.2 Å². The number of amides is 2. The quantitative estimate of drug-likeness (QED) is 0.301. The van der Waals surface area contributed by atoms with E-state index in [9.17, 15) is 29.3 Å². The second kappa shape index (κ2) is 7.78. The molecule has 1 aliphatic heterocycles. The van der Waals surface area contributed by atoms with Gasteiger partial charge in [-0.2, -0.15) is 0 Å². The third-order valence-electron chi connectivity index (χ3n) is 4.43. The number of benzene rings is 1. The number of carbonyl (C=O) groups excluding carboxylic acids is 3. The van der Waals surface area contributed by atoms with Gasteiger partial charge in [-0.05, 0) is 37.8 Å². The first-order chi connectivity index (χ1) is 14.0. The van der Waals surface area contributed by atoms with Gasteiger partial charge in [-0.15, -0.1) is 0 Å². The zero-order valence-electron chi connectivity index (χ0n) is 16.6. The highest BCUT2D eigenvalue weighted by molar-refractivity contribution is 8.18. The maximum Gasteiger partial charge on any atom is 0.328 e. The van der Waals surface area contributed by atoms with E-state index in [0.717, 1.165) is 4.90 Å². The van der Waals surface area contributed by atoms with Gasteiger partial charge in [0.05, 0.1) is 32.5 Å². The first-order valence-electron chi connectivity index (χ1n) is 8.80. The van der Waals surface area contributed by atoms with Crippen LogP contribution in [0.1, 0.15) is 19.4 Å². The third-order valence-corrected chi connectivity index (χ3v) is 5.34. The zero-order chi connectivity index (χ0) is 22.3. The van der Waals surface area contributed by atoms with Gasteiger partial charge in [0.1, 0.15) is 6.54 Å². The Bertz CT molecular complexity index is 1190. The van der Waals surface area contributed by atoms with E-state index in [0.29, 0.717) is 22.8 Å². The second-order valence-corrected chi connectivity index (χ2v) is 7.86. The second-order valence-electron chi connectivity index (χ2n) is 6.86. The molecule has 0 unspecified atom stereocenters. The normalized spacial score (nSPS) is 15.6. The Morgan fingerprint density at radius 2 is 1.80 bits per heavy atom. The lowest BCUT2D eigenvalue weighted by atomic mass is 10.1. The highest BCUT2D eigenvalue weighted by Crippen LogP contribution is 2.35. The van der Waals surface area contributed by atoms with Crippen LogP contribution in [-0.2, 0) is 28.4 Å². The average molecular weight is 434 g/mol. The van der Waals surface area contributed by atoms with E-state index in [2.05, 4.69) is 0 Å². The smallest absolute Gasteiger partial charge is 0.328 e. The monoisotopic (exact) mass is 434 g/mol. The van der Waals surface area contributed by atoms with Gasteiger partial charge in [-0.1, -0.05) is 0 Å². The molecule has 0 radical (unpaired) electrons. The van der Waals surface area contributed by atoms with Crippen molar-refractivity contribution in [2.24, 2.45) is 14.1 Å². The maximum atomic E-state index is 12.6. The molecule has 2 heterocycles. The van der Waals surface area contributed by atoms with Gasteiger partial charge < -0.3 is 4.74 Å². The standard InChI is InChI=1S/C18H18N4O7S/c1-9(2)29-15(23)8-21-16(24)14(30-18(21)26)6-10-5-12-13(7-11(10)22(27)28)20(4)17(25)19(12)3/h5-7,9H,8H2,1-4H3/b14-6-. The van der Waals surface area contributed by atoms with Gasteiger partial charge in [-0.25, -0.2) is 4.79 Å². The molecule has 0 bridgehead atoms. The van der Waals surface area contributed by atoms with Crippen LogP contribution >= 0.6 is 11.8 Å². The fraction of sp³-hybridized carbons (Fsp3) is 0.333. The van der Waals surface area contributed by atoms with Crippen LogP contribution in [0.4, 0.5) is 10.5 Å². The summed E-state index contributed by atoms with van der Waals surface area (Å²) in [5.74, 6) is -1.48. The number of rotatable bonds is 5. The Balaban J connectivity index is 2.03. The topological polar surface area (TPSA) is 134 Å². The summed E-state index contributed by atoms with van der Waals surface area (Å²) in [4.78, 5) is 60.3. The number of fused-ring (bicyclic) bond motifs is 1. The highest BCUT2D eigenvalue weighted by atomic mass is 32.2. The lowest BCUT2D eigenvalue weighted by Gasteiger charge is -2.13. The number of ether oxygens (including phenoxy) is 1. The predicted molar refractivity (Wildman–Crippen MR) is 109 cm³/mol. The first kappa shape index (κ1) is 21.3. The Labute approximate surface area is 174 Å². The van der Waals surface area contributed by atoms with Crippen molar-refractivity contribution in [1.82, 2.24) is 14.0 Å². The number of nitrogens with zero attached hydrogens (tertiary/aromatic N) is 4. The van der Waals surface area contributed by atoms with Gasteiger partial charge in [0.25, 0.3) is 16.8 Å². The lowest BCUT2D eigenvalue weighted by molar-refractivity contribution is -0.385. The number of imidazole rings is 1. The molecule has 0 aliphatic carbocycles. The van der Waals surface area contributed by atoms with Crippen molar-refractivity contribution in [2.45, 2.75) is 20.0 Å². The number of hydrogen-bond donors (Lipinski definition) is 0. The number of imide groups is 1. The fourth-order valence-corrected chi connectivity index (χ4v) is 3.86. The van der Waals surface area contributed by atoms with Gasteiger partial charge in [-0.3, -0.25) is 38.5 Å². The van der Waals surface area contributed by atoms with Crippen LogP contribution in [0.15, 0.2) is 21.8 Å². The summed E-state index contributed by atoms with van der Waals surface area (Å²) < 4.78 is 7.55. The first-order valence-corrected chi connectivity index (χ1v) is 9.61. The average Bonchev–Trinajstić information content (AvgIpc) is 3.03. The van der Waals surface area contributed by atoms with Crippen LogP contribution in [0.5, 0.6) is 0 Å². The number of aryl methyl sites for hydroxylation is 2. The number of hydrogen-bond acceptors (Lipinski definition) is 8. The van der Waals surface area contributed by atoms with E-state index >= 15 is 0 Å². The van der Waals surface area contributed by atoms with E-state index in [1.807, 2.05) is 0 Å². The predicted octanol–water partition coefficient (Wildman–Crippen LogP) is 1.77. The molecule has 30 heavy (non-hydrogen) atoms. The van der Waals surface area contributed by atoms with Gasteiger partial charge in [0.15, 0.2) is 0 Å². The summed E-state index contributed by atoms with van der Waals surface area (Å²) in [5.41, 5.74) is 0.161. The molecule has 1 saturated heterocycles. The molecular formula is C18H18N4O7S. The van der Waals surface area contributed by atoms with Gasteiger partial charge in [0.2, 0.25) is 0 Å². The largest absolute Gasteiger partial charge is 0.462 e. The molecule has 158 valence electrons. The molecule has 1 aromatic carbocycles. The molecule has 0 N–H and O–H groups in total. The number of thioether (sulfide) groups is 1. The van der Waals surface area contributed by atoms with E-state index in [1.54, 1.807) is 13.8 Å². The molecule has 2 amide bonds. The van der Waals surface area contributed by atoms with E-state index < -0.39 is 34.7 Å². The van der Waals surface area contributed by atoms with Gasteiger partial charge >= 0.3 is 11.7 Å². The minimum atomic E-state index is -0.748.